The predicted octanol–water partition coefficient (Wildman–Crippen LogP) is 2.88. The van der Waals surface area contributed by atoms with Gasteiger partial charge in [-0.05, 0) is 36.6 Å². The van der Waals surface area contributed by atoms with Crippen LogP contribution in [0.1, 0.15) is 70.3 Å². The Morgan fingerprint density at radius 1 is 0.833 bits per heavy atom. The minimum Gasteiger partial charge on any atom is -0.872 e. The number of ether oxygens (including phenoxy) is 1. The normalized spacial score (nSPS) is 11.1. The topological polar surface area (TPSA) is 86.7 Å². The number of unbranched alkanes of at least 4 members (excludes halogenated alkanes) is 8. The molecular formula is C23H31KO5S. The van der Waals surface area contributed by atoms with Crippen LogP contribution < -0.4 is 61.2 Å². The molecule has 0 fully saturated rings. The van der Waals surface area contributed by atoms with Crippen LogP contribution in [-0.4, -0.2) is 13.0 Å². The van der Waals surface area contributed by atoms with E-state index in [4.69, 9.17) is 4.74 Å². The summed E-state index contributed by atoms with van der Waals surface area (Å²) in [4.78, 5) is -0.315. The summed E-state index contributed by atoms with van der Waals surface area (Å²) in [5, 5.41) is 12.3. The van der Waals surface area contributed by atoms with Crippen LogP contribution in [0.3, 0.4) is 0 Å². The van der Waals surface area contributed by atoms with E-state index in [9.17, 15) is 18.1 Å². The fourth-order valence-electron chi connectivity index (χ4n) is 3.37. The van der Waals surface area contributed by atoms with E-state index in [1.807, 2.05) is 0 Å². The Kier molecular flexibility index (Phi) is 13.5. The molecule has 1 N–H and O–H groups in total. The van der Waals surface area contributed by atoms with E-state index in [-0.39, 0.29) is 67.8 Å². The maximum atomic E-state index is 12.3. The molecule has 7 heteroatoms. The second-order valence-electron chi connectivity index (χ2n) is 7.34. The summed E-state index contributed by atoms with van der Waals surface area (Å²) in [6, 6.07) is 10.6. The average molecular weight is 459 g/mol. The van der Waals surface area contributed by atoms with Crippen molar-refractivity contribution in [3.63, 3.8) is 0 Å². The van der Waals surface area contributed by atoms with E-state index < -0.39 is 10.1 Å². The summed E-state index contributed by atoms with van der Waals surface area (Å²) >= 11 is 0. The molecule has 0 aromatic heterocycles. The summed E-state index contributed by atoms with van der Waals surface area (Å²) in [6.45, 7) is 2.22. The molecule has 5 nitrogen and oxygen atoms in total. The summed E-state index contributed by atoms with van der Waals surface area (Å²) in [5.41, 5.74) is 0.542. The van der Waals surface area contributed by atoms with Crippen LogP contribution >= 0.6 is 0 Å². The van der Waals surface area contributed by atoms with Crippen molar-refractivity contribution >= 4 is 10.1 Å². The Bertz CT molecular complexity index is 868. The van der Waals surface area contributed by atoms with Crippen molar-refractivity contribution in [2.75, 3.05) is 0 Å². The molecule has 0 atom stereocenters. The first-order chi connectivity index (χ1) is 13.9. The molecule has 0 spiro atoms. The van der Waals surface area contributed by atoms with Crippen molar-refractivity contribution < 1.29 is 74.2 Å². The molecule has 0 amide bonds. The Labute approximate surface area is 223 Å². The van der Waals surface area contributed by atoms with Gasteiger partial charge in [-0.25, -0.2) is 0 Å². The zero-order valence-corrected chi connectivity index (χ0v) is 22.0. The van der Waals surface area contributed by atoms with Crippen molar-refractivity contribution in [3.05, 3.63) is 48.0 Å². The van der Waals surface area contributed by atoms with Crippen molar-refractivity contribution in [1.82, 2.24) is 0 Å². The smallest absolute Gasteiger partial charge is 0.872 e. The molecule has 0 aliphatic carbocycles. The standard InChI is InChI=1S/C23H32O5S.K/c1-2-3-4-5-6-7-8-9-10-14-19-20(24)15-13-17-21(19)28-22-16-11-12-18-23(22)29(25,26)27;/h11-13,15-18,24H,2-10,14H2,1H3,(H,25,26,27);/q;+1/p-1. The van der Waals surface area contributed by atoms with Crippen LogP contribution in [0.5, 0.6) is 17.2 Å². The van der Waals surface area contributed by atoms with Gasteiger partial charge in [0.05, 0.1) is 0 Å². The van der Waals surface area contributed by atoms with Crippen molar-refractivity contribution in [2.24, 2.45) is 0 Å². The first kappa shape index (κ1) is 27.6. The minimum absolute atomic E-state index is 0. The Morgan fingerprint density at radius 3 is 2.03 bits per heavy atom. The molecule has 0 radical (unpaired) electrons. The van der Waals surface area contributed by atoms with Crippen molar-refractivity contribution in [1.29, 1.82) is 0 Å². The Hall–Kier alpha value is -0.414. The molecule has 30 heavy (non-hydrogen) atoms. The van der Waals surface area contributed by atoms with E-state index in [0.29, 0.717) is 17.7 Å². The van der Waals surface area contributed by atoms with E-state index in [0.717, 1.165) is 19.3 Å². The van der Waals surface area contributed by atoms with E-state index in [2.05, 4.69) is 6.92 Å². The molecule has 0 aliphatic heterocycles. The monoisotopic (exact) mass is 458 g/mol. The molecule has 2 rings (SSSR count). The molecule has 2 aromatic carbocycles. The van der Waals surface area contributed by atoms with Gasteiger partial charge in [-0.1, -0.05) is 82.6 Å². The van der Waals surface area contributed by atoms with Crippen LogP contribution in [0.2, 0.25) is 0 Å². The zero-order valence-electron chi connectivity index (χ0n) is 18.1. The largest absolute Gasteiger partial charge is 1.00 e. The molecular weight excluding hydrogens is 427 g/mol. The average Bonchev–Trinajstić information content (AvgIpc) is 2.68. The van der Waals surface area contributed by atoms with Gasteiger partial charge in [-0.2, -0.15) is 8.42 Å². The third-order valence-corrected chi connectivity index (χ3v) is 5.86. The van der Waals surface area contributed by atoms with E-state index >= 15 is 0 Å². The quantitative estimate of drug-likeness (QED) is 0.283. The Balaban J connectivity index is 0.00000450. The van der Waals surface area contributed by atoms with E-state index in [1.54, 1.807) is 18.2 Å². The van der Waals surface area contributed by atoms with Gasteiger partial charge in [0.15, 0.2) is 0 Å². The van der Waals surface area contributed by atoms with Gasteiger partial charge in [0.25, 0.3) is 10.1 Å². The zero-order chi connectivity index (χ0) is 21.1. The molecule has 0 heterocycles. The minimum atomic E-state index is -4.42. The molecule has 2 aromatic rings. The van der Waals surface area contributed by atoms with Gasteiger partial charge in [0.1, 0.15) is 16.4 Å². The number of hydrogen-bond acceptors (Lipinski definition) is 4. The van der Waals surface area contributed by atoms with Crippen LogP contribution in [0.25, 0.3) is 0 Å². The third kappa shape index (κ3) is 9.38. The molecule has 0 saturated heterocycles. The molecule has 0 bridgehead atoms. The van der Waals surface area contributed by atoms with Crippen molar-refractivity contribution in [3.8, 4) is 17.2 Å². The van der Waals surface area contributed by atoms with Crippen LogP contribution in [0.15, 0.2) is 47.4 Å². The first-order valence-electron chi connectivity index (χ1n) is 10.5. The van der Waals surface area contributed by atoms with Gasteiger partial charge in [-0.3, -0.25) is 4.55 Å². The van der Waals surface area contributed by atoms with Crippen LogP contribution in [0.4, 0.5) is 0 Å². The molecule has 0 aliphatic rings. The fraction of sp³-hybridized carbons (Fsp3) is 0.478. The predicted molar refractivity (Wildman–Crippen MR) is 113 cm³/mol. The second kappa shape index (κ2) is 14.6. The number of benzene rings is 2. The van der Waals surface area contributed by atoms with Gasteiger partial charge in [0, 0.05) is 0 Å². The molecule has 0 saturated carbocycles. The van der Waals surface area contributed by atoms with Crippen LogP contribution in [0, 0.1) is 0 Å². The number of hydrogen-bond donors (Lipinski definition) is 1. The van der Waals surface area contributed by atoms with Gasteiger partial charge >= 0.3 is 51.4 Å². The molecule has 0 unspecified atom stereocenters. The van der Waals surface area contributed by atoms with Gasteiger partial charge in [-0.15, -0.1) is 5.75 Å². The Morgan fingerprint density at radius 2 is 1.40 bits per heavy atom. The summed E-state index contributed by atoms with van der Waals surface area (Å²) < 4.78 is 38.3. The third-order valence-electron chi connectivity index (χ3n) is 4.97. The van der Waals surface area contributed by atoms with E-state index in [1.165, 1.54) is 62.8 Å². The summed E-state index contributed by atoms with van der Waals surface area (Å²) in [5.74, 6) is 0.230. The van der Waals surface area contributed by atoms with Gasteiger partial charge < -0.3 is 9.84 Å². The SMILES string of the molecule is CCCCCCCCCCCc1c([O-])cccc1Oc1ccccc1S(=O)(=O)O.[K+]. The first-order valence-corrected chi connectivity index (χ1v) is 11.9. The number of rotatable bonds is 13. The summed E-state index contributed by atoms with van der Waals surface area (Å²) in [6.07, 6.45) is 11.3. The van der Waals surface area contributed by atoms with Crippen molar-refractivity contribution in [2.45, 2.75) is 76.0 Å². The number of para-hydroxylation sites is 1. The second-order valence-corrected chi connectivity index (χ2v) is 8.73. The van der Waals surface area contributed by atoms with Crippen LogP contribution in [-0.2, 0) is 16.5 Å². The fourth-order valence-corrected chi connectivity index (χ4v) is 3.98. The maximum Gasteiger partial charge on any atom is 1.00 e. The molecule has 160 valence electrons. The van der Waals surface area contributed by atoms with Gasteiger partial charge in [0.2, 0.25) is 0 Å². The summed E-state index contributed by atoms with van der Waals surface area (Å²) in [7, 11) is -4.42. The maximum absolute atomic E-state index is 12.3.